The van der Waals surface area contributed by atoms with Gasteiger partial charge >= 0.3 is 0 Å². The molecule has 35 heavy (non-hydrogen) atoms. The summed E-state index contributed by atoms with van der Waals surface area (Å²) in [5, 5.41) is -0.457. The molecule has 3 nitrogen and oxygen atoms in total. The molecule has 6 aliphatic rings. The Morgan fingerprint density at radius 2 is 1.23 bits per heavy atom. The number of para-hydroxylation sites is 1. The van der Waals surface area contributed by atoms with Gasteiger partial charge in [-0.2, -0.15) is 0 Å². The topological polar surface area (TPSA) is 37.4 Å². The quantitative estimate of drug-likeness (QED) is 0.227. The van der Waals surface area contributed by atoms with Crippen molar-refractivity contribution in [2.24, 2.45) is 0 Å². The Morgan fingerprint density at radius 3 is 1.94 bits per heavy atom. The Labute approximate surface area is 209 Å². The maximum atomic E-state index is 13.7. The Morgan fingerprint density at radius 1 is 0.600 bits per heavy atom. The van der Waals surface area contributed by atoms with Crippen molar-refractivity contribution in [1.29, 1.82) is 0 Å². The molecule has 0 saturated heterocycles. The van der Waals surface area contributed by atoms with Gasteiger partial charge < -0.3 is 0 Å². The lowest BCUT2D eigenvalue weighted by atomic mass is 9.88. The molecule has 5 aliphatic carbocycles. The van der Waals surface area contributed by atoms with Crippen LogP contribution in [0.3, 0.4) is 0 Å². The SMILES string of the molecule is O=C1c2ccc3c(c2C(=O)N1c1ccccc1)C(Cl)c1c2ccc(c1-3)CCc1ccc(cc1)CC2. The third kappa shape index (κ3) is 2.98. The van der Waals surface area contributed by atoms with Gasteiger partial charge in [0.15, 0.2) is 0 Å². The van der Waals surface area contributed by atoms with Gasteiger partial charge in [-0.05, 0) is 88.4 Å². The predicted octanol–water partition coefficient (Wildman–Crippen LogP) is 6.68. The number of aryl methyl sites for hydroxylation is 4. The average Bonchev–Trinajstić information content (AvgIpc) is 3.32. The highest BCUT2D eigenvalue weighted by Crippen LogP contribution is 2.53. The van der Waals surface area contributed by atoms with E-state index < -0.39 is 5.38 Å². The minimum absolute atomic E-state index is 0.285. The number of hydrogen-bond donors (Lipinski definition) is 0. The Hall–Kier alpha value is -3.69. The first-order valence-electron chi connectivity index (χ1n) is 12.1. The van der Waals surface area contributed by atoms with E-state index in [-0.39, 0.29) is 11.8 Å². The fraction of sp³-hybridized carbons (Fsp3) is 0.161. The number of amides is 2. The first kappa shape index (κ1) is 20.7. The van der Waals surface area contributed by atoms with E-state index in [4.69, 9.17) is 11.6 Å². The van der Waals surface area contributed by atoms with Gasteiger partial charge in [-0.1, -0.05) is 60.7 Å². The molecule has 1 heterocycles. The standard InChI is InChI=1S/C31H22ClNO2/c32-29-26-21-13-11-19-8-6-18(7-9-19)10-12-20(14-15-21)25(26)23-16-17-24-28(27(23)29)31(35)33(30(24)34)22-4-2-1-3-5-22/h1-9,14-17,29H,10-13H2. The van der Waals surface area contributed by atoms with Gasteiger partial charge in [0.1, 0.15) is 0 Å². The van der Waals surface area contributed by atoms with E-state index >= 15 is 0 Å². The van der Waals surface area contributed by atoms with Crippen LogP contribution in [-0.4, -0.2) is 11.8 Å². The summed E-state index contributed by atoms with van der Waals surface area (Å²) in [5.74, 6) is -0.572. The monoisotopic (exact) mass is 475 g/mol. The van der Waals surface area contributed by atoms with Gasteiger partial charge in [-0.15, -0.1) is 11.6 Å². The van der Waals surface area contributed by atoms with Crippen LogP contribution < -0.4 is 4.90 Å². The molecule has 10 rings (SSSR count). The zero-order valence-electron chi connectivity index (χ0n) is 19.1. The Balaban J connectivity index is 1.40. The van der Waals surface area contributed by atoms with Gasteiger partial charge in [0.05, 0.1) is 22.2 Å². The molecule has 4 heteroatoms. The molecule has 0 N–H and O–H groups in total. The number of rotatable bonds is 1. The summed E-state index contributed by atoms with van der Waals surface area (Å²) in [5.41, 5.74) is 10.6. The molecule has 170 valence electrons. The molecule has 0 saturated carbocycles. The maximum Gasteiger partial charge on any atom is 0.266 e. The number of hydrogen-bond acceptors (Lipinski definition) is 2. The van der Waals surface area contributed by atoms with Crippen molar-refractivity contribution in [3.05, 3.63) is 123 Å². The number of imide groups is 1. The molecule has 4 aromatic carbocycles. The fourth-order valence-electron chi connectivity index (χ4n) is 5.96. The van der Waals surface area contributed by atoms with Crippen LogP contribution in [0.25, 0.3) is 11.1 Å². The molecule has 0 spiro atoms. The zero-order valence-corrected chi connectivity index (χ0v) is 19.8. The second-order valence-corrected chi connectivity index (χ2v) is 10.0. The largest absolute Gasteiger partial charge is 0.268 e. The maximum absolute atomic E-state index is 13.7. The van der Waals surface area contributed by atoms with Crippen LogP contribution in [0, 0.1) is 0 Å². The third-order valence-corrected chi connectivity index (χ3v) is 8.13. The minimum atomic E-state index is -0.457. The number of halogens is 1. The van der Waals surface area contributed by atoms with E-state index in [2.05, 4.69) is 36.4 Å². The molecule has 4 bridgehead atoms. The highest BCUT2D eigenvalue weighted by atomic mass is 35.5. The van der Waals surface area contributed by atoms with E-state index in [1.165, 1.54) is 27.2 Å². The number of alkyl halides is 1. The van der Waals surface area contributed by atoms with E-state index in [0.717, 1.165) is 47.9 Å². The van der Waals surface area contributed by atoms with Gasteiger partial charge in [-0.25, -0.2) is 4.90 Å². The van der Waals surface area contributed by atoms with Crippen molar-refractivity contribution in [2.75, 3.05) is 4.90 Å². The van der Waals surface area contributed by atoms with E-state index in [0.29, 0.717) is 16.8 Å². The van der Waals surface area contributed by atoms with E-state index in [1.807, 2.05) is 30.3 Å². The molecule has 0 radical (unpaired) electrons. The van der Waals surface area contributed by atoms with Gasteiger partial charge in [0.25, 0.3) is 11.8 Å². The van der Waals surface area contributed by atoms with Crippen LogP contribution in [0.4, 0.5) is 5.69 Å². The first-order valence-corrected chi connectivity index (χ1v) is 12.5. The highest BCUT2D eigenvalue weighted by Gasteiger charge is 2.44. The summed E-state index contributed by atoms with van der Waals surface area (Å²) >= 11 is 7.22. The average molecular weight is 476 g/mol. The van der Waals surface area contributed by atoms with Crippen molar-refractivity contribution >= 4 is 29.1 Å². The van der Waals surface area contributed by atoms with Crippen LogP contribution in [0.1, 0.15) is 59.5 Å². The summed E-state index contributed by atoms with van der Waals surface area (Å²) in [6, 6.07) is 26.3. The lowest BCUT2D eigenvalue weighted by molar-refractivity contribution is 0.0926. The number of anilines is 1. The summed E-state index contributed by atoms with van der Waals surface area (Å²) in [7, 11) is 0. The number of carbonyl (C=O) groups is 2. The molecule has 1 atom stereocenters. The zero-order chi connectivity index (χ0) is 23.7. The van der Waals surface area contributed by atoms with Crippen molar-refractivity contribution in [2.45, 2.75) is 31.1 Å². The predicted molar refractivity (Wildman–Crippen MR) is 138 cm³/mol. The van der Waals surface area contributed by atoms with E-state index in [1.54, 1.807) is 12.1 Å². The number of fused-ring (bicyclic) bond motifs is 3. The molecule has 1 unspecified atom stereocenters. The smallest absolute Gasteiger partial charge is 0.266 e. The molecule has 0 aromatic heterocycles. The number of benzene rings is 4. The highest BCUT2D eigenvalue weighted by molar-refractivity contribution is 6.37. The summed E-state index contributed by atoms with van der Waals surface area (Å²) < 4.78 is 0. The Kier molecular flexibility index (Phi) is 4.52. The molecule has 1 aliphatic heterocycles. The summed E-state index contributed by atoms with van der Waals surface area (Å²) in [6.45, 7) is 0. The molecule has 0 fully saturated rings. The normalized spacial score (nSPS) is 17.7. The Bertz CT molecular complexity index is 1540. The molecular weight excluding hydrogens is 454 g/mol. The molecular formula is C31H22ClNO2. The molecule has 4 aromatic rings. The van der Waals surface area contributed by atoms with Gasteiger partial charge in [0, 0.05) is 0 Å². The van der Waals surface area contributed by atoms with Gasteiger partial charge in [0.2, 0.25) is 0 Å². The number of carbonyl (C=O) groups excluding carboxylic acids is 2. The fourth-order valence-corrected chi connectivity index (χ4v) is 6.44. The lowest BCUT2D eigenvalue weighted by Gasteiger charge is -2.17. The van der Waals surface area contributed by atoms with Crippen LogP contribution in [0.15, 0.2) is 78.9 Å². The number of nitrogens with zero attached hydrogens (tertiary/aromatic N) is 1. The molecule has 2 amide bonds. The van der Waals surface area contributed by atoms with Crippen LogP contribution >= 0.6 is 11.6 Å². The first-order chi connectivity index (χ1) is 17.1. The third-order valence-electron chi connectivity index (χ3n) is 7.70. The van der Waals surface area contributed by atoms with Crippen molar-refractivity contribution in [1.82, 2.24) is 0 Å². The van der Waals surface area contributed by atoms with Gasteiger partial charge in [-0.3, -0.25) is 9.59 Å². The van der Waals surface area contributed by atoms with E-state index in [9.17, 15) is 9.59 Å². The second kappa shape index (κ2) is 7.66. The summed E-state index contributed by atoms with van der Waals surface area (Å²) in [4.78, 5) is 28.3. The van der Waals surface area contributed by atoms with Crippen LogP contribution in [0.2, 0.25) is 0 Å². The minimum Gasteiger partial charge on any atom is -0.268 e. The lowest BCUT2D eigenvalue weighted by Crippen LogP contribution is -2.29. The van der Waals surface area contributed by atoms with Crippen molar-refractivity contribution in [3.63, 3.8) is 0 Å². The van der Waals surface area contributed by atoms with Crippen LogP contribution in [-0.2, 0) is 25.7 Å². The summed E-state index contributed by atoms with van der Waals surface area (Å²) in [6.07, 6.45) is 3.65. The van der Waals surface area contributed by atoms with Crippen molar-refractivity contribution in [3.8, 4) is 11.1 Å². The van der Waals surface area contributed by atoms with Crippen LogP contribution in [0.5, 0.6) is 0 Å². The second-order valence-electron chi connectivity index (χ2n) is 9.58. The van der Waals surface area contributed by atoms with Crippen molar-refractivity contribution < 1.29 is 9.59 Å².